The van der Waals surface area contributed by atoms with Crippen molar-refractivity contribution in [1.29, 1.82) is 0 Å². The van der Waals surface area contributed by atoms with Gasteiger partial charge in [0.2, 0.25) is 0 Å². The number of nitrogens with zero attached hydrogens (tertiary/aromatic N) is 1. The van der Waals surface area contributed by atoms with Gasteiger partial charge in [-0.05, 0) is 42.7 Å². The van der Waals surface area contributed by atoms with Gasteiger partial charge in [-0.3, -0.25) is 4.99 Å². The first-order chi connectivity index (χ1) is 11.5. The monoisotopic (exact) mass is 347 g/mol. The van der Waals surface area contributed by atoms with E-state index in [2.05, 4.69) is 10.3 Å². The van der Waals surface area contributed by atoms with E-state index in [1.54, 1.807) is 31.4 Å². The van der Waals surface area contributed by atoms with Crippen LogP contribution in [0.5, 0.6) is 5.75 Å². The summed E-state index contributed by atoms with van der Waals surface area (Å²) in [4.78, 5) is 4.39. The molecule has 0 heterocycles. The zero-order chi connectivity index (χ0) is 17.2. The first kappa shape index (κ1) is 16.6. The summed E-state index contributed by atoms with van der Waals surface area (Å²) in [5.74, 6) is 0.687. The van der Waals surface area contributed by atoms with Gasteiger partial charge in [-0.15, -0.1) is 0 Å². The van der Waals surface area contributed by atoms with Gasteiger partial charge in [0.1, 0.15) is 11.6 Å². The van der Waals surface area contributed by atoms with Gasteiger partial charge in [0.05, 0.1) is 18.7 Å². The van der Waals surface area contributed by atoms with Crippen LogP contribution in [0.15, 0.2) is 47.5 Å². The fraction of sp³-hybridized carbons (Fsp3) is 0.278. The lowest BCUT2D eigenvalue weighted by atomic mass is 9.95. The second-order valence-corrected chi connectivity index (χ2v) is 6.34. The lowest BCUT2D eigenvalue weighted by molar-refractivity contribution is 0.415. The number of methoxy groups -OCH3 is 1. The largest absolute Gasteiger partial charge is 0.495 e. The number of nitrogens with one attached hydrogen (secondary N) is 1. The third-order valence-corrected chi connectivity index (χ3v) is 4.57. The SMILES string of the molecule is COc1ccc(NC(N)=NCC2(c3ccccc3F)CC2)cc1Cl. The minimum atomic E-state index is -0.227. The summed E-state index contributed by atoms with van der Waals surface area (Å²) in [7, 11) is 1.56. The standard InChI is InChI=1S/C18H19ClFN3O/c1-24-16-7-6-12(10-14(16)19)23-17(21)22-11-18(8-9-18)13-4-2-3-5-15(13)20/h2-7,10H,8-9,11H2,1H3,(H3,21,22,23). The van der Waals surface area contributed by atoms with E-state index in [-0.39, 0.29) is 17.2 Å². The third kappa shape index (κ3) is 3.46. The Morgan fingerprint density at radius 3 is 2.71 bits per heavy atom. The van der Waals surface area contributed by atoms with Gasteiger partial charge in [-0.1, -0.05) is 29.8 Å². The molecule has 1 aliphatic carbocycles. The smallest absolute Gasteiger partial charge is 0.193 e. The molecule has 0 aliphatic heterocycles. The molecule has 0 bridgehead atoms. The highest BCUT2D eigenvalue weighted by Crippen LogP contribution is 2.49. The Bertz CT molecular complexity index is 775. The highest BCUT2D eigenvalue weighted by atomic mass is 35.5. The number of halogens is 2. The minimum Gasteiger partial charge on any atom is -0.495 e. The van der Waals surface area contributed by atoms with E-state index in [9.17, 15) is 4.39 Å². The van der Waals surface area contributed by atoms with Crippen molar-refractivity contribution in [1.82, 2.24) is 0 Å². The van der Waals surface area contributed by atoms with E-state index >= 15 is 0 Å². The van der Waals surface area contributed by atoms with Gasteiger partial charge in [-0.2, -0.15) is 0 Å². The van der Waals surface area contributed by atoms with E-state index in [0.29, 0.717) is 22.9 Å². The molecule has 0 aromatic heterocycles. The quantitative estimate of drug-likeness (QED) is 0.636. The molecule has 3 N–H and O–H groups in total. The molecule has 1 saturated carbocycles. The van der Waals surface area contributed by atoms with Crippen LogP contribution >= 0.6 is 11.6 Å². The van der Waals surface area contributed by atoms with Crippen molar-refractivity contribution in [3.05, 3.63) is 58.9 Å². The zero-order valence-corrected chi connectivity index (χ0v) is 14.1. The van der Waals surface area contributed by atoms with Crippen molar-refractivity contribution in [2.24, 2.45) is 10.7 Å². The van der Waals surface area contributed by atoms with Crippen LogP contribution in [-0.2, 0) is 5.41 Å². The van der Waals surface area contributed by atoms with Gasteiger partial charge in [0.25, 0.3) is 0 Å². The predicted molar refractivity (Wildman–Crippen MR) is 95.4 cm³/mol. The number of nitrogens with two attached hydrogens (primary N) is 1. The number of anilines is 1. The first-order valence-corrected chi connectivity index (χ1v) is 8.07. The second kappa shape index (κ2) is 6.69. The zero-order valence-electron chi connectivity index (χ0n) is 13.4. The molecule has 2 aromatic rings. The normalized spacial score (nSPS) is 15.9. The molecule has 3 rings (SSSR count). The predicted octanol–water partition coefficient (Wildman–Crippen LogP) is 3.95. The van der Waals surface area contributed by atoms with Crippen LogP contribution in [0.1, 0.15) is 18.4 Å². The van der Waals surface area contributed by atoms with Crippen molar-refractivity contribution in [3.63, 3.8) is 0 Å². The number of guanidine groups is 1. The van der Waals surface area contributed by atoms with E-state index in [1.165, 1.54) is 6.07 Å². The fourth-order valence-corrected chi connectivity index (χ4v) is 2.98. The number of benzene rings is 2. The Hall–Kier alpha value is -2.27. The average Bonchev–Trinajstić information content (AvgIpc) is 3.35. The van der Waals surface area contributed by atoms with Crippen molar-refractivity contribution < 1.29 is 9.13 Å². The topological polar surface area (TPSA) is 59.6 Å². The van der Waals surface area contributed by atoms with Crippen LogP contribution in [0.25, 0.3) is 0 Å². The second-order valence-electron chi connectivity index (χ2n) is 5.94. The lowest BCUT2D eigenvalue weighted by Crippen LogP contribution is -2.25. The molecule has 0 atom stereocenters. The van der Waals surface area contributed by atoms with Crippen molar-refractivity contribution in [3.8, 4) is 5.75 Å². The van der Waals surface area contributed by atoms with E-state index in [4.69, 9.17) is 22.1 Å². The van der Waals surface area contributed by atoms with Gasteiger partial charge in [0, 0.05) is 11.1 Å². The first-order valence-electron chi connectivity index (χ1n) is 7.69. The molecule has 2 aromatic carbocycles. The molecule has 0 amide bonds. The van der Waals surface area contributed by atoms with Gasteiger partial charge < -0.3 is 15.8 Å². The van der Waals surface area contributed by atoms with Crippen LogP contribution < -0.4 is 15.8 Å². The number of rotatable bonds is 5. The third-order valence-electron chi connectivity index (χ3n) is 4.28. The number of aliphatic imine (C=N–C) groups is 1. The Morgan fingerprint density at radius 1 is 1.33 bits per heavy atom. The maximum absolute atomic E-state index is 14.0. The molecule has 0 saturated heterocycles. The van der Waals surface area contributed by atoms with Gasteiger partial charge in [0.15, 0.2) is 5.96 Å². The number of hydrogen-bond donors (Lipinski definition) is 2. The summed E-state index contributed by atoms with van der Waals surface area (Å²) in [5, 5.41) is 3.48. The molecule has 24 heavy (non-hydrogen) atoms. The molecule has 0 unspecified atom stereocenters. The van der Waals surface area contributed by atoms with Gasteiger partial charge >= 0.3 is 0 Å². The Kier molecular flexibility index (Phi) is 4.62. The van der Waals surface area contributed by atoms with E-state index < -0.39 is 0 Å². The molecule has 0 radical (unpaired) electrons. The molecule has 0 spiro atoms. The maximum Gasteiger partial charge on any atom is 0.193 e. The Labute approximate surface area is 145 Å². The van der Waals surface area contributed by atoms with E-state index in [1.807, 2.05) is 12.1 Å². The summed E-state index contributed by atoms with van der Waals surface area (Å²) in [6.07, 6.45) is 1.83. The van der Waals surface area contributed by atoms with Crippen LogP contribution in [0, 0.1) is 5.82 Å². The van der Waals surface area contributed by atoms with Crippen LogP contribution in [0.4, 0.5) is 10.1 Å². The molecule has 126 valence electrons. The highest BCUT2D eigenvalue weighted by Gasteiger charge is 2.45. The number of hydrogen-bond acceptors (Lipinski definition) is 2. The Balaban J connectivity index is 1.69. The molecule has 4 nitrogen and oxygen atoms in total. The van der Waals surface area contributed by atoms with Crippen LogP contribution in [0.2, 0.25) is 5.02 Å². The molecular weight excluding hydrogens is 329 g/mol. The maximum atomic E-state index is 14.0. The summed E-state index contributed by atoms with van der Waals surface area (Å²) >= 11 is 6.08. The minimum absolute atomic E-state index is 0.182. The molecular formula is C18H19ClFN3O. The fourth-order valence-electron chi connectivity index (χ4n) is 2.72. The highest BCUT2D eigenvalue weighted by molar-refractivity contribution is 6.32. The molecule has 1 fully saturated rings. The molecule has 6 heteroatoms. The lowest BCUT2D eigenvalue weighted by Gasteiger charge is -2.15. The van der Waals surface area contributed by atoms with Crippen molar-refractivity contribution in [2.45, 2.75) is 18.3 Å². The Morgan fingerprint density at radius 2 is 2.08 bits per heavy atom. The van der Waals surface area contributed by atoms with Gasteiger partial charge in [-0.25, -0.2) is 4.39 Å². The number of ether oxygens (including phenoxy) is 1. The summed E-state index contributed by atoms with van der Waals surface area (Å²) in [6.45, 7) is 0.455. The summed E-state index contributed by atoms with van der Waals surface area (Å²) in [6, 6.07) is 12.1. The molecule has 1 aliphatic rings. The van der Waals surface area contributed by atoms with E-state index in [0.717, 1.165) is 18.5 Å². The summed E-state index contributed by atoms with van der Waals surface area (Å²) < 4.78 is 19.1. The van der Waals surface area contributed by atoms with Crippen molar-refractivity contribution in [2.75, 3.05) is 19.0 Å². The average molecular weight is 348 g/mol. The van der Waals surface area contributed by atoms with Crippen LogP contribution in [0.3, 0.4) is 0 Å². The van der Waals surface area contributed by atoms with Crippen molar-refractivity contribution >= 4 is 23.2 Å². The summed E-state index contributed by atoms with van der Waals surface area (Å²) in [5.41, 5.74) is 7.16. The van der Waals surface area contributed by atoms with Crippen LogP contribution in [-0.4, -0.2) is 19.6 Å².